The molecule has 16 heavy (non-hydrogen) atoms. The summed E-state index contributed by atoms with van der Waals surface area (Å²) in [6.45, 7) is 7.93. The van der Waals surface area contributed by atoms with Crippen molar-refractivity contribution < 1.29 is 9.84 Å². The highest BCUT2D eigenvalue weighted by molar-refractivity contribution is 4.83. The second kappa shape index (κ2) is 6.58. The summed E-state index contributed by atoms with van der Waals surface area (Å²) < 4.78 is 5.98. The number of aliphatic hydroxyl groups is 1. The third-order valence-electron chi connectivity index (χ3n) is 3.60. The number of aliphatic hydroxyl groups excluding tert-OH is 1. The zero-order chi connectivity index (χ0) is 12.0. The average Bonchev–Trinajstić information content (AvgIpc) is 2.28. The summed E-state index contributed by atoms with van der Waals surface area (Å²) >= 11 is 0. The minimum Gasteiger partial charge on any atom is -0.394 e. The molecule has 1 aliphatic carbocycles. The van der Waals surface area contributed by atoms with Gasteiger partial charge in [-0.15, -0.1) is 0 Å². The van der Waals surface area contributed by atoms with E-state index in [9.17, 15) is 5.11 Å². The van der Waals surface area contributed by atoms with Gasteiger partial charge in [-0.25, -0.2) is 0 Å². The van der Waals surface area contributed by atoms with Crippen molar-refractivity contribution in [2.45, 2.75) is 58.1 Å². The lowest BCUT2D eigenvalue weighted by Crippen LogP contribution is -2.50. The Balaban J connectivity index is 2.36. The second-order valence-corrected chi connectivity index (χ2v) is 5.36. The van der Waals surface area contributed by atoms with Crippen molar-refractivity contribution >= 4 is 0 Å². The standard InChI is InChI=1S/C13H27NO2/c1-4-14-13(3,9-15)10-16-12-8-6-5-7-11(12)2/h11-12,14-15H,4-10H2,1-3H3. The predicted molar refractivity (Wildman–Crippen MR) is 66.5 cm³/mol. The Labute approximate surface area is 99.6 Å². The molecule has 0 saturated heterocycles. The van der Waals surface area contributed by atoms with Crippen LogP contribution in [0.3, 0.4) is 0 Å². The summed E-state index contributed by atoms with van der Waals surface area (Å²) in [6, 6.07) is 0. The highest BCUT2D eigenvalue weighted by Crippen LogP contribution is 2.26. The average molecular weight is 229 g/mol. The summed E-state index contributed by atoms with van der Waals surface area (Å²) in [7, 11) is 0. The molecule has 3 heteroatoms. The first kappa shape index (κ1) is 13.9. The molecule has 0 amide bonds. The Kier molecular flexibility index (Phi) is 5.73. The van der Waals surface area contributed by atoms with Crippen LogP contribution in [0.15, 0.2) is 0 Å². The second-order valence-electron chi connectivity index (χ2n) is 5.36. The van der Waals surface area contributed by atoms with Gasteiger partial charge in [0.2, 0.25) is 0 Å². The van der Waals surface area contributed by atoms with Gasteiger partial charge in [-0.3, -0.25) is 0 Å². The predicted octanol–water partition coefficient (Wildman–Crippen LogP) is 1.94. The Morgan fingerprint density at radius 1 is 1.38 bits per heavy atom. The van der Waals surface area contributed by atoms with Crippen LogP contribution in [0.4, 0.5) is 0 Å². The summed E-state index contributed by atoms with van der Waals surface area (Å²) in [5.74, 6) is 0.665. The SMILES string of the molecule is CCNC(C)(CO)COC1CCCCC1C. The maximum Gasteiger partial charge on any atom is 0.0672 e. The number of ether oxygens (including phenoxy) is 1. The van der Waals surface area contributed by atoms with Crippen molar-refractivity contribution in [1.82, 2.24) is 5.32 Å². The van der Waals surface area contributed by atoms with Gasteiger partial charge in [-0.2, -0.15) is 0 Å². The Hall–Kier alpha value is -0.120. The maximum absolute atomic E-state index is 9.37. The van der Waals surface area contributed by atoms with E-state index in [1.165, 1.54) is 25.7 Å². The monoisotopic (exact) mass is 229 g/mol. The van der Waals surface area contributed by atoms with E-state index in [0.29, 0.717) is 18.6 Å². The van der Waals surface area contributed by atoms with Gasteiger partial charge in [0.1, 0.15) is 0 Å². The topological polar surface area (TPSA) is 41.5 Å². The third-order valence-corrected chi connectivity index (χ3v) is 3.60. The maximum atomic E-state index is 9.37. The van der Waals surface area contributed by atoms with Crippen LogP contribution in [0.5, 0.6) is 0 Å². The smallest absolute Gasteiger partial charge is 0.0672 e. The molecule has 0 aromatic carbocycles. The molecule has 0 spiro atoms. The molecule has 3 nitrogen and oxygen atoms in total. The quantitative estimate of drug-likeness (QED) is 0.731. The van der Waals surface area contributed by atoms with Gasteiger partial charge in [0.25, 0.3) is 0 Å². The van der Waals surface area contributed by atoms with E-state index in [1.54, 1.807) is 0 Å². The minimum atomic E-state index is -0.286. The molecule has 0 aromatic rings. The lowest BCUT2D eigenvalue weighted by Gasteiger charge is -2.34. The van der Waals surface area contributed by atoms with Crippen molar-refractivity contribution in [3.05, 3.63) is 0 Å². The van der Waals surface area contributed by atoms with Gasteiger partial charge >= 0.3 is 0 Å². The molecule has 0 heterocycles. The van der Waals surface area contributed by atoms with Crippen LogP contribution in [-0.4, -0.2) is 36.5 Å². The summed E-state index contributed by atoms with van der Waals surface area (Å²) in [4.78, 5) is 0. The first-order valence-electron chi connectivity index (χ1n) is 6.59. The first-order chi connectivity index (χ1) is 7.61. The van der Waals surface area contributed by atoms with E-state index in [4.69, 9.17) is 4.74 Å². The Bertz CT molecular complexity index is 198. The number of nitrogens with one attached hydrogen (secondary N) is 1. The van der Waals surface area contributed by atoms with Crippen molar-refractivity contribution in [3.8, 4) is 0 Å². The van der Waals surface area contributed by atoms with Crippen LogP contribution in [0.2, 0.25) is 0 Å². The van der Waals surface area contributed by atoms with Crippen LogP contribution in [0.1, 0.15) is 46.5 Å². The van der Waals surface area contributed by atoms with Crippen molar-refractivity contribution in [2.75, 3.05) is 19.8 Å². The van der Waals surface area contributed by atoms with Crippen LogP contribution in [0, 0.1) is 5.92 Å². The van der Waals surface area contributed by atoms with Crippen LogP contribution in [0.25, 0.3) is 0 Å². The number of hydrogen-bond acceptors (Lipinski definition) is 3. The molecule has 2 N–H and O–H groups in total. The fraction of sp³-hybridized carbons (Fsp3) is 1.00. The molecule has 0 aliphatic heterocycles. The van der Waals surface area contributed by atoms with Crippen LogP contribution >= 0.6 is 0 Å². The van der Waals surface area contributed by atoms with E-state index in [1.807, 2.05) is 6.92 Å². The zero-order valence-electron chi connectivity index (χ0n) is 11.0. The molecule has 0 bridgehead atoms. The van der Waals surface area contributed by atoms with E-state index >= 15 is 0 Å². The van der Waals surface area contributed by atoms with Crippen molar-refractivity contribution in [3.63, 3.8) is 0 Å². The van der Waals surface area contributed by atoms with E-state index < -0.39 is 0 Å². The summed E-state index contributed by atoms with van der Waals surface area (Å²) in [6.07, 6.45) is 5.46. The number of hydrogen-bond donors (Lipinski definition) is 2. The lowest BCUT2D eigenvalue weighted by molar-refractivity contribution is -0.0418. The van der Waals surface area contributed by atoms with Crippen molar-refractivity contribution in [1.29, 1.82) is 0 Å². The third kappa shape index (κ3) is 4.04. The molecule has 1 saturated carbocycles. The molecule has 3 unspecified atom stereocenters. The Morgan fingerprint density at radius 3 is 2.62 bits per heavy atom. The fourth-order valence-corrected chi connectivity index (χ4v) is 2.40. The first-order valence-corrected chi connectivity index (χ1v) is 6.59. The highest BCUT2D eigenvalue weighted by Gasteiger charge is 2.27. The largest absolute Gasteiger partial charge is 0.394 e. The van der Waals surface area contributed by atoms with Gasteiger partial charge < -0.3 is 15.2 Å². The number of rotatable bonds is 6. The molecular formula is C13H27NO2. The van der Waals surface area contributed by atoms with Gasteiger partial charge in [0.05, 0.1) is 24.9 Å². The molecule has 96 valence electrons. The minimum absolute atomic E-state index is 0.127. The lowest BCUT2D eigenvalue weighted by atomic mass is 9.88. The highest BCUT2D eigenvalue weighted by atomic mass is 16.5. The van der Waals surface area contributed by atoms with Crippen LogP contribution < -0.4 is 5.32 Å². The number of likely N-dealkylation sites (N-methyl/N-ethyl adjacent to an activating group) is 1. The summed E-state index contributed by atoms with van der Waals surface area (Å²) in [5.41, 5.74) is -0.286. The van der Waals surface area contributed by atoms with E-state index in [-0.39, 0.29) is 12.1 Å². The van der Waals surface area contributed by atoms with Crippen molar-refractivity contribution in [2.24, 2.45) is 5.92 Å². The van der Waals surface area contributed by atoms with Gasteiger partial charge in [-0.1, -0.05) is 26.7 Å². The summed E-state index contributed by atoms with van der Waals surface area (Å²) in [5, 5.41) is 12.7. The van der Waals surface area contributed by atoms with E-state index in [0.717, 1.165) is 6.54 Å². The molecule has 1 rings (SSSR count). The van der Waals surface area contributed by atoms with Gasteiger partial charge in [0, 0.05) is 0 Å². The van der Waals surface area contributed by atoms with Gasteiger partial charge in [0.15, 0.2) is 0 Å². The molecule has 1 aliphatic rings. The van der Waals surface area contributed by atoms with Gasteiger partial charge in [-0.05, 0) is 32.2 Å². The fourth-order valence-electron chi connectivity index (χ4n) is 2.40. The molecule has 1 fully saturated rings. The molecule has 0 radical (unpaired) electrons. The molecular weight excluding hydrogens is 202 g/mol. The molecule has 0 aromatic heterocycles. The van der Waals surface area contributed by atoms with E-state index in [2.05, 4.69) is 19.2 Å². The zero-order valence-corrected chi connectivity index (χ0v) is 11.0. The Morgan fingerprint density at radius 2 is 2.06 bits per heavy atom. The normalized spacial score (nSPS) is 30.0. The molecule has 3 atom stereocenters. The van der Waals surface area contributed by atoms with Crippen LogP contribution in [-0.2, 0) is 4.74 Å².